The predicted molar refractivity (Wildman–Crippen MR) is 77.2 cm³/mol. The Kier molecular flexibility index (Phi) is 4.34. The van der Waals surface area contributed by atoms with Gasteiger partial charge in [-0.2, -0.15) is 0 Å². The fourth-order valence-corrected chi connectivity index (χ4v) is 2.27. The molecule has 1 aromatic carbocycles. The van der Waals surface area contributed by atoms with Crippen molar-refractivity contribution in [3.63, 3.8) is 0 Å². The van der Waals surface area contributed by atoms with Crippen LogP contribution < -0.4 is 4.74 Å². The Labute approximate surface area is 127 Å². The minimum atomic E-state index is -0.0314. The molecule has 1 saturated heterocycles. The van der Waals surface area contributed by atoms with Crippen LogP contribution in [-0.2, 0) is 9.53 Å². The molecule has 7 heteroatoms. The summed E-state index contributed by atoms with van der Waals surface area (Å²) in [5, 5.41) is 7.46. The number of hydrogen-bond donors (Lipinski definition) is 0. The molecule has 22 heavy (non-hydrogen) atoms. The molecule has 0 saturated carbocycles. The molecule has 0 spiro atoms. The van der Waals surface area contributed by atoms with E-state index in [1.807, 2.05) is 19.1 Å². The third-order valence-corrected chi connectivity index (χ3v) is 3.42. The lowest BCUT2D eigenvalue weighted by atomic mass is 10.2. The summed E-state index contributed by atoms with van der Waals surface area (Å²) in [7, 11) is 0. The van der Waals surface area contributed by atoms with Crippen LogP contribution in [0.25, 0.3) is 11.5 Å². The van der Waals surface area contributed by atoms with Crippen LogP contribution in [0.2, 0.25) is 0 Å². The monoisotopic (exact) mass is 303 g/mol. The zero-order valence-corrected chi connectivity index (χ0v) is 12.3. The first-order valence-corrected chi connectivity index (χ1v) is 7.11. The van der Waals surface area contributed by atoms with Crippen molar-refractivity contribution in [3.05, 3.63) is 30.7 Å². The topological polar surface area (TPSA) is 77.7 Å². The predicted octanol–water partition coefficient (Wildman–Crippen LogP) is 1.36. The van der Waals surface area contributed by atoms with Crippen LogP contribution in [0, 0.1) is 0 Å². The van der Waals surface area contributed by atoms with Crippen LogP contribution in [-0.4, -0.2) is 53.4 Å². The smallest absolute Gasteiger partial charge is 0.260 e. The summed E-state index contributed by atoms with van der Waals surface area (Å²) in [5.41, 5.74) is 0.804. The summed E-state index contributed by atoms with van der Waals surface area (Å²) in [4.78, 5) is 13.8. The van der Waals surface area contributed by atoms with Crippen molar-refractivity contribution in [2.24, 2.45) is 0 Å². The van der Waals surface area contributed by atoms with E-state index in [0.29, 0.717) is 31.3 Å². The van der Waals surface area contributed by atoms with Gasteiger partial charge in [0.25, 0.3) is 5.91 Å². The molecular weight excluding hydrogens is 286 g/mol. The zero-order valence-electron chi connectivity index (χ0n) is 12.3. The van der Waals surface area contributed by atoms with Gasteiger partial charge in [-0.05, 0) is 31.2 Å². The molecule has 0 unspecified atom stereocenters. The van der Waals surface area contributed by atoms with E-state index in [4.69, 9.17) is 13.9 Å². The highest BCUT2D eigenvalue weighted by Crippen LogP contribution is 2.20. The molecular formula is C15H17N3O4. The van der Waals surface area contributed by atoms with E-state index in [1.165, 1.54) is 6.39 Å². The number of benzene rings is 1. The van der Waals surface area contributed by atoms with Gasteiger partial charge >= 0.3 is 0 Å². The van der Waals surface area contributed by atoms with E-state index in [-0.39, 0.29) is 18.6 Å². The van der Waals surface area contributed by atoms with E-state index in [9.17, 15) is 4.79 Å². The Morgan fingerprint density at radius 1 is 1.41 bits per heavy atom. The highest BCUT2D eigenvalue weighted by Gasteiger charge is 2.21. The minimum Gasteiger partial charge on any atom is -0.484 e. The number of hydrogen-bond acceptors (Lipinski definition) is 6. The first-order valence-electron chi connectivity index (χ1n) is 7.11. The van der Waals surface area contributed by atoms with Crippen LogP contribution in [0.15, 0.2) is 35.1 Å². The lowest BCUT2D eigenvalue weighted by molar-refractivity contribution is -0.140. The average molecular weight is 303 g/mol. The number of morpholine rings is 1. The molecule has 1 aliphatic rings. The lowest BCUT2D eigenvalue weighted by Crippen LogP contribution is -2.46. The van der Waals surface area contributed by atoms with Crippen molar-refractivity contribution in [2.75, 3.05) is 26.3 Å². The second kappa shape index (κ2) is 6.57. The van der Waals surface area contributed by atoms with Crippen molar-refractivity contribution in [3.8, 4) is 17.2 Å². The van der Waals surface area contributed by atoms with Gasteiger partial charge in [0.05, 0.1) is 12.7 Å². The van der Waals surface area contributed by atoms with Gasteiger partial charge in [-0.3, -0.25) is 4.79 Å². The summed E-state index contributed by atoms with van der Waals surface area (Å²) in [6, 6.07) is 7.16. The molecule has 0 N–H and O–H groups in total. The number of aromatic nitrogens is 2. The molecule has 1 amide bonds. The third kappa shape index (κ3) is 3.43. The quantitative estimate of drug-likeness (QED) is 0.849. The number of ether oxygens (including phenoxy) is 2. The SMILES string of the molecule is C[C@H]1CN(C(=O)COc2ccc(-c3nnco3)cc2)CCO1. The number of amides is 1. The van der Waals surface area contributed by atoms with Crippen molar-refractivity contribution in [1.82, 2.24) is 15.1 Å². The molecule has 0 aliphatic carbocycles. The fourth-order valence-electron chi connectivity index (χ4n) is 2.27. The van der Waals surface area contributed by atoms with Gasteiger partial charge in [-0.1, -0.05) is 0 Å². The van der Waals surface area contributed by atoms with Crippen molar-refractivity contribution in [2.45, 2.75) is 13.0 Å². The normalized spacial score (nSPS) is 18.2. The van der Waals surface area contributed by atoms with E-state index >= 15 is 0 Å². The van der Waals surface area contributed by atoms with Gasteiger partial charge in [0.1, 0.15) is 5.75 Å². The van der Waals surface area contributed by atoms with E-state index in [1.54, 1.807) is 17.0 Å². The maximum Gasteiger partial charge on any atom is 0.260 e. The molecule has 1 aromatic heterocycles. The Balaban J connectivity index is 1.54. The number of carbonyl (C=O) groups excluding carboxylic acids is 1. The fraction of sp³-hybridized carbons (Fsp3) is 0.400. The van der Waals surface area contributed by atoms with Crippen LogP contribution in [0.3, 0.4) is 0 Å². The first kappa shape index (κ1) is 14.5. The van der Waals surface area contributed by atoms with E-state index in [0.717, 1.165) is 5.56 Å². The first-order chi connectivity index (χ1) is 10.7. The largest absolute Gasteiger partial charge is 0.484 e. The summed E-state index contributed by atoms with van der Waals surface area (Å²) >= 11 is 0. The Morgan fingerprint density at radius 2 is 2.23 bits per heavy atom. The van der Waals surface area contributed by atoms with Crippen molar-refractivity contribution >= 4 is 5.91 Å². The maximum absolute atomic E-state index is 12.1. The highest BCUT2D eigenvalue weighted by atomic mass is 16.5. The second-order valence-electron chi connectivity index (χ2n) is 5.08. The van der Waals surface area contributed by atoms with Crippen LogP contribution in [0.4, 0.5) is 0 Å². The van der Waals surface area contributed by atoms with Gasteiger partial charge in [0.2, 0.25) is 12.3 Å². The molecule has 2 heterocycles. The third-order valence-electron chi connectivity index (χ3n) is 3.42. The Hall–Kier alpha value is -2.41. The molecule has 116 valence electrons. The molecule has 3 rings (SSSR count). The summed E-state index contributed by atoms with van der Waals surface area (Å²) in [6.45, 7) is 3.77. The molecule has 0 bridgehead atoms. The van der Waals surface area contributed by atoms with Crippen LogP contribution in [0.1, 0.15) is 6.92 Å². The standard InChI is InChI=1S/C15H17N3O4/c1-11-8-18(6-7-20-11)14(19)9-21-13-4-2-12(3-5-13)15-17-16-10-22-15/h2-5,10-11H,6-9H2,1H3/t11-/m0/s1. The lowest BCUT2D eigenvalue weighted by Gasteiger charge is -2.31. The van der Waals surface area contributed by atoms with Gasteiger partial charge < -0.3 is 18.8 Å². The molecule has 1 fully saturated rings. The minimum absolute atomic E-state index is 0.0205. The van der Waals surface area contributed by atoms with Crippen molar-refractivity contribution in [1.29, 1.82) is 0 Å². The Bertz CT molecular complexity index is 612. The number of carbonyl (C=O) groups is 1. The second-order valence-corrected chi connectivity index (χ2v) is 5.08. The molecule has 2 aromatic rings. The van der Waals surface area contributed by atoms with Crippen molar-refractivity contribution < 1.29 is 18.7 Å². The number of rotatable bonds is 4. The zero-order chi connectivity index (χ0) is 15.4. The van der Waals surface area contributed by atoms with E-state index < -0.39 is 0 Å². The molecule has 7 nitrogen and oxygen atoms in total. The summed E-state index contributed by atoms with van der Waals surface area (Å²) < 4.78 is 16.1. The van der Waals surface area contributed by atoms with Gasteiger partial charge in [0, 0.05) is 18.7 Å². The van der Waals surface area contributed by atoms with Crippen LogP contribution >= 0.6 is 0 Å². The van der Waals surface area contributed by atoms with E-state index in [2.05, 4.69) is 10.2 Å². The summed E-state index contributed by atoms with van der Waals surface area (Å²) in [6.07, 6.45) is 1.35. The van der Waals surface area contributed by atoms with Gasteiger partial charge in [-0.15, -0.1) is 10.2 Å². The van der Waals surface area contributed by atoms with Crippen LogP contribution in [0.5, 0.6) is 5.75 Å². The number of nitrogens with zero attached hydrogens (tertiary/aromatic N) is 3. The maximum atomic E-state index is 12.1. The van der Waals surface area contributed by atoms with Gasteiger partial charge in [0.15, 0.2) is 6.61 Å². The van der Waals surface area contributed by atoms with Gasteiger partial charge in [-0.25, -0.2) is 0 Å². The Morgan fingerprint density at radius 3 is 2.91 bits per heavy atom. The molecule has 1 atom stereocenters. The summed E-state index contributed by atoms with van der Waals surface area (Å²) in [5.74, 6) is 1.04. The molecule has 1 aliphatic heterocycles. The highest BCUT2D eigenvalue weighted by molar-refractivity contribution is 5.78. The average Bonchev–Trinajstić information content (AvgIpc) is 3.07. The molecule has 0 radical (unpaired) electrons.